The molecule has 1 N–H and O–H groups in total. The van der Waals surface area contributed by atoms with Crippen molar-refractivity contribution >= 4 is 11.8 Å². The Labute approximate surface area is 149 Å². The first-order valence-electron chi connectivity index (χ1n) is 9.50. The third-order valence-electron chi connectivity index (χ3n) is 5.57. The Bertz CT molecular complexity index is 611. The summed E-state index contributed by atoms with van der Waals surface area (Å²) in [6.45, 7) is 8.22. The molecule has 2 amide bonds. The molecule has 0 aromatic carbocycles. The molecule has 3 heterocycles. The standard InChI is InChI=1S/C18H28N6O/c1-14-19-6-4-17(21-14)22-8-10-23(11-9-22)18(25)20-12-15-5-7-24(13-15)16-2-3-16/h4,6,15-16H,2-3,5,7-13H2,1H3,(H,20,25)/t15-/m0/s1. The zero-order valence-corrected chi connectivity index (χ0v) is 15.0. The average molecular weight is 344 g/mol. The van der Waals surface area contributed by atoms with Gasteiger partial charge in [0.1, 0.15) is 11.6 Å². The molecule has 0 spiro atoms. The van der Waals surface area contributed by atoms with E-state index in [2.05, 4.69) is 25.1 Å². The number of nitrogens with one attached hydrogen (secondary N) is 1. The molecule has 25 heavy (non-hydrogen) atoms. The molecule has 0 unspecified atom stereocenters. The highest BCUT2D eigenvalue weighted by atomic mass is 16.2. The van der Waals surface area contributed by atoms with Gasteiger partial charge in [0, 0.05) is 51.5 Å². The van der Waals surface area contributed by atoms with Crippen LogP contribution in [0.2, 0.25) is 0 Å². The number of likely N-dealkylation sites (tertiary alicyclic amines) is 1. The Hall–Kier alpha value is -1.89. The maximum Gasteiger partial charge on any atom is 0.317 e. The fourth-order valence-corrected chi connectivity index (χ4v) is 3.90. The minimum Gasteiger partial charge on any atom is -0.353 e. The fourth-order valence-electron chi connectivity index (χ4n) is 3.90. The van der Waals surface area contributed by atoms with Crippen LogP contribution in [0.3, 0.4) is 0 Å². The summed E-state index contributed by atoms with van der Waals surface area (Å²) in [5.74, 6) is 2.36. The topological polar surface area (TPSA) is 64.6 Å². The van der Waals surface area contributed by atoms with Crippen molar-refractivity contribution < 1.29 is 4.79 Å². The number of aromatic nitrogens is 2. The second-order valence-corrected chi connectivity index (χ2v) is 7.50. The van der Waals surface area contributed by atoms with Crippen LogP contribution in [0, 0.1) is 12.8 Å². The van der Waals surface area contributed by atoms with Gasteiger partial charge in [-0.1, -0.05) is 0 Å². The van der Waals surface area contributed by atoms with Gasteiger partial charge in [0.2, 0.25) is 0 Å². The molecule has 0 radical (unpaired) electrons. The number of aryl methyl sites for hydroxylation is 1. The molecule has 2 aliphatic heterocycles. The summed E-state index contributed by atoms with van der Waals surface area (Å²) in [7, 11) is 0. The molecule has 7 heteroatoms. The van der Waals surface area contributed by atoms with E-state index in [1.807, 2.05) is 17.9 Å². The third-order valence-corrected chi connectivity index (χ3v) is 5.57. The number of nitrogens with zero attached hydrogens (tertiary/aromatic N) is 5. The predicted octanol–water partition coefficient (Wildman–Crippen LogP) is 1.10. The zero-order valence-electron chi connectivity index (χ0n) is 15.0. The van der Waals surface area contributed by atoms with E-state index >= 15 is 0 Å². The van der Waals surface area contributed by atoms with Gasteiger partial charge < -0.3 is 20.0 Å². The number of amides is 2. The summed E-state index contributed by atoms with van der Waals surface area (Å²) in [5.41, 5.74) is 0. The molecular weight excluding hydrogens is 316 g/mol. The van der Waals surface area contributed by atoms with Crippen molar-refractivity contribution in [2.45, 2.75) is 32.2 Å². The normalized spacial score (nSPS) is 24.6. The van der Waals surface area contributed by atoms with Crippen LogP contribution >= 0.6 is 0 Å². The molecule has 1 aliphatic carbocycles. The lowest BCUT2D eigenvalue weighted by atomic mass is 10.1. The fraction of sp³-hybridized carbons (Fsp3) is 0.722. The Balaban J connectivity index is 1.20. The molecular formula is C18H28N6O. The van der Waals surface area contributed by atoms with Gasteiger partial charge in [-0.2, -0.15) is 0 Å². The quantitative estimate of drug-likeness (QED) is 0.886. The lowest BCUT2D eigenvalue weighted by molar-refractivity contribution is 0.192. The van der Waals surface area contributed by atoms with Crippen molar-refractivity contribution in [3.63, 3.8) is 0 Å². The molecule has 3 fully saturated rings. The van der Waals surface area contributed by atoms with Crippen LogP contribution in [0.25, 0.3) is 0 Å². The molecule has 1 atom stereocenters. The first-order chi connectivity index (χ1) is 12.2. The van der Waals surface area contributed by atoms with Gasteiger partial charge in [-0.25, -0.2) is 14.8 Å². The summed E-state index contributed by atoms with van der Waals surface area (Å²) < 4.78 is 0. The van der Waals surface area contributed by atoms with Crippen LogP contribution < -0.4 is 10.2 Å². The minimum atomic E-state index is 0.0865. The molecule has 1 aromatic rings. The van der Waals surface area contributed by atoms with Gasteiger partial charge in [0.05, 0.1) is 0 Å². The number of anilines is 1. The van der Waals surface area contributed by atoms with Gasteiger partial charge in [-0.3, -0.25) is 0 Å². The Kier molecular flexibility index (Phi) is 4.74. The van der Waals surface area contributed by atoms with E-state index in [0.29, 0.717) is 5.92 Å². The Morgan fingerprint density at radius 2 is 2.00 bits per heavy atom. The second-order valence-electron chi connectivity index (χ2n) is 7.50. The van der Waals surface area contributed by atoms with Crippen LogP contribution in [0.15, 0.2) is 12.3 Å². The van der Waals surface area contributed by atoms with Gasteiger partial charge in [-0.05, 0) is 44.7 Å². The zero-order chi connectivity index (χ0) is 17.2. The molecule has 0 bridgehead atoms. The number of hydrogen-bond donors (Lipinski definition) is 1. The van der Waals surface area contributed by atoms with E-state index in [-0.39, 0.29) is 6.03 Å². The number of carbonyl (C=O) groups excluding carboxylic acids is 1. The van der Waals surface area contributed by atoms with Gasteiger partial charge in [-0.15, -0.1) is 0 Å². The summed E-state index contributed by atoms with van der Waals surface area (Å²) in [4.78, 5) is 27.8. The molecule has 7 nitrogen and oxygen atoms in total. The van der Waals surface area contributed by atoms with Gasteiger partial charge in [0.25, 0.3) is 0 Å². The highest BCUT2D eigenvalue weighted by Gasteiger charge is 2.34. The molecule has 3 aliphatic rings. The van der Waals surface area contributed by atoms with Gasteiger partial charge >= 0.3 is 6.03 Å². The van der Waals surface area contributed by atoms with Crippen molar-refractivity contribution in [3.05, 3.63) is 18.1 Å². The molecule has 1 aromatic heterocycles. The maximum absolute atomic E-state index is 12.4. The van der Waals surface area contributed by atoms with Crippen molar-refractivity contribution in [3.8, 4) is 0 Å². The van der Waals surface area contributed by atoms with Crippen LogP contribution in [-0.2, 0) is 0 Å². The molecule has 136 valence electrons. The second kappa shape index (κ2) is 7.15. The molecule has 4 rings (SSSR count). The maximum atomic E-state index is 12.4. The first kappa shape index (κ1) is 16.6. The summed E-state index contributed by atoms with van der Waals surface area (Å²) in [6.07, 6.45) is 5.76. The van der Waals surface area contributed by atoms with Crippen LogP contribution in [0.5, 0.6) is 0 Å². The number of urea groups is 1. The minimum absolute atomic E-state index is 0.0865. The van der Waals surface area contributed by atoms with Crippen molar-refractivity contribution in [1.29, 1.82) is 0 Å². The monoisotopic (exact) mass is 344 g/mol. The van der Waals surface area contributed by atoms with E-state index in [4.69, 9.17) is 0 Å². The van der Waals surface area contributed by atoms with E-state index in [1.54, 1.807) is 6.20 Å². The van der Waals surface area contributed by atoms with E-state index in [0.717, 1.165) is 57.0 Å². The number of piperazine rings is 1. The highest BCUT2D eigenvalue weighted by molar-refractivity contribution is 5.74. The largest absolute Gasteiger partial charge is 0.353 e. The van der Waals surface area contributed by atoms with Crippen LogP contribution in [0.4, 0.5) is 10.6 Å². The number of rotatable bonds is 4. The highest BCUT2D eigenvalue weighted by Crippen LogP contribution is 2.31. The smallest absolute Gasteiger partial charge is 0.317 e. The first-order valence-corrected chi connectivity index (χ1v) is 9.50. The molecule has 2 saturated heterocycles. The summed E-state index contributed by atoms with van der Waals surface area (Å²) in [5, 5.41) is 3.15. The number of hydrogen-bond acceptors (Lipinski definition) is 5. The van der Waals surface area contributed by atoms with E-state index < -0.39 is 0 Å². The van der Waals surface area contributed by atoms with Gasteiger partial charge in [0.15, 0.2) is 0 Å². The lowest BCUT2D eigenvalue weighted by Gasteiger charge is -2.35. The summed E-state index contributed by atoms with van der Waals surface area (Å²) >= 11 is 0. The van der Waals surface area contributed by atoms with Crippen molar-refractivity contribution in [2.24, 2.45) is 5.92 Å². The third kappa shape index (κ3) is 4.03. The molecule has 1 saturated carbocycles. The summed E-state index contributed by atoms with van der Waals surface area (Å²) in [6, 6.07) is 2.87. The predicted molar refractivity (Wildman–Crippen MR) is 96.7 cm³/mol. The van der Waals surface area contributed by atoms with Crippen LogP contribution in [-0.4, -0.2) is 77.7 Å². The van der Waals surface area contributed by atoms with Crippen molar-refractivity contribution in [1.82, 2.24) is 25.1 Å². The Morgan fingerprint density at radius 3 is 2.72 bits per heavy atom. The SMILES string of the molecule is Cc1nccc(N2CCN(C(=O)NC[C@@H]3CCN(C4CC4)C3)CC2)n1. The lowest BCUT2D eigenvalue weighted by Crippen LogP contribution is -2.52. The van der Waals surface area contributed by atoms with E-state index in [1.165, 1.54) is 25.8 Å². The number of carbonyl (C=O) groups is 1. The van der Waals surface area contributed by atoms with E-state index in [9.17, 15) is 4.79 Å². The van der Waals surface area contributed by atoms with Crippen LogP contribution in [0.1, 0.15) is 25.1 Å². The Morgan fingerprint density at radius 1 is 1.20 bits per heavy atom. The average Bonchev–Trinajstić information content (AvgIpc) is 3.38. The van der Waals surface area contributed by atoms with Crippen molar-refractivity contribution in [2.75, 3.05) is 50.7 Å².